The van der Waals surface area contributed by atoms with E-state index in [2.05, 4.69) is 25.3 Å². The topological polar surface area (TPSA) is 147 Å². The molecule has 1 aliphatic rings. The molecule has 2 heterocycles. The normalized spacial score (nSPS) is 18.8. The van der Waals surface area contributed by atoms with Crippen LogP contribution in [0.4, 0.5) is 5.82 Å². The molecule has 0 spiro atoms. The first-order chi connectivity index (χ1) is 12.2. The Bertz CT molecular complexity index is 696. The highest BCUT2D eigenvalue weighted by atomic mass is 32.2. The van der Waals surface area contributed by atoms with E-state index < -0.39 is 0 Å². The number of pyridine rings is 1. The lowest BCUT2D eigenvalue weighted by Gasteiger charge is -2.10. The van der Waals surface area contributed by atoms with Crippen molar-refractivity contribution in [3.05, 3.63) is 30.0 Å². The van der Waals surface area contributed by atoms with Crippen molar-refractivity contribution in [1.29, 1.82) is 5.41 Å². The third kappa shape index (κ3) is 6.73. The van der Waals surface area contributed by atoms with E-state index in [1.54, 1.807) is 18.6 Å². The summed E-state index contributed by atoms with van der Waals surface area (Å²) in [5, 5.41) is 11.0. The minimum absolute atomic E-state index is 0.224. The Morgan fingerprint density at radius 2 is 2.20 bits per heavy atom. The first-order valence-electron chi connectivity index (χ1n) is 7.49. The largest absolute Gasteiger partial charge is 0.384 e. The van der Waals surface area contributed by atoms with Crippen LogP contribution in [0.5, 0.6) is 0 Å². The number of ether oxygens (including phenoxy) is 1. The van der Waals surface area contributed by atoms with Gasteiger partial charge >= 0.3 is 0 Å². The first kappa shape index (κ1) is 18.6. The standard InChI is InChI=1S/C15H20N8OS/c16-9-22-15(18)25-14-7-12(11-1-2-13(17)21-8-11)23-10-19-3-5-24-6-4-20-14/h1-2,7-10H,3-6H2,(H2,17,21)(H,19,23)(H3,16,18,22)/b12-7-,20-14?. The number of rotatable bonds is 2. The maximum atomic E-state index is 7.01. The number of nitrogens with zero attached hydrogens (tertiary/aromatic N) is 4. The van der Waals surface area contributed by atoms with Crippen LogP contribution in [-0.4, -0.2) is 54.2 Å². The first-order valence-corrected chi connectivity index (χ1v) is 8.31. The quantitative estimate of drug-likeness (QED) is 0.451. The minimum Gasteiger partial charge on any atom is -0.384 e. The second-order valence-corrected chi connectivity index (χ2v) is 5.78. The Balaban J connectivity index is 2.35. The Morgan fingerprint density at radius 3 is 2.96 bits per heavy atom. The molecular weight excluding hydrogens is 340 g/mol. The molecule has 2 rings (SSSR count). The Morgan fingerprint density at radius 1 is 1.36 bits per heavy atom. The zero-order valence-electron chi connectivity index (χ0n) is 13.6. The molecule has 1 aromatic rings. The highest BCUT2D eigenvalue weighted by Crippen LogP contribution is 2.15. The summed E-state index contributed by atoms with van der Waals surface area (Å²) < 4.78 is 5.43. The third-order valence-corrected chi connectivity index (χ3v) is 3.72. The minimum atomic E-state index is 0.224. The van der Waals surface area contributed by atoms with Crippen molar-refractivity contribution in [2.45, 2.75) is 0 Å². The average Bonchev–Trinajstić information content (AvgIpc) is 2.58. The molecule has 25 heavy (non-hydrogen) atoms. The molecule has 1 aliphatic heterocycles. The molecule has 1 aromatic heterocycles. The Labute approximate surface area is 149 Å². The summed E-state index contributed by atoms with van der Waals surface area (Å²) in [6.45, 7) is 2.05. The molecule has 9 nitrogen and oxygen atoms in total. The molecule has 0 unspecified atom stereocenters. The molecule has 0 saturated heterocycles. The number of nitrogen functional groups attached to an aromatic ring is 1. The van der Waals surface area contributed by atoms with Crippen molar-refractivity contribution < 1.29 is 4.74 Å². The number of aliphatic imine (C=N–C) groups is 3. The number of thioether (sulfide) groups is 1. The van der Waals surface area contributed by atoms with Crippen LogP contribution in [-0.2, 0) is 4.74 Å². The molecule has 0 radical (unpaired) electrons. The second-order valence-electron chi connectivity index (χ2n) is 4.74. The number of amidine groups is 1. The van der Waals surface area contributed by atoms with E-state index in [-0.39, 0.29) is 5.17 Å². The van der Waals surface area contributed by atoms with E-state index in [0.29, 0.717) is 37.2 Å². The van der Waals surface area contributed by atoms with E-state index in [1.165, 1.54) is 0 Å². The van der Waals surface area contributed by atoms with Crippen LogP contribution in [0.2, 0.25) is 0 Å². The van der Waals surface area contributed by atoms with E-state index in [1.807, 2.05) is 12.1 Å². The maximum Gasteiger partial charge on any atom is 0.166 e. The number of hydrogen-bond donors (Lipinski definition) is 4. The molecule has 0 saturated carbocycles. The van der Waals surface area contributed by atoms with Crippen LogP contribution in [0, 0.1) is 5.41 Å². The summed E-state index contributed by atoms with van der Waals surface area (Å²) in [4.78, 5) is 16.6. The number of nitrogens with one attached hydrogen (secondary N) is 2. The highest BCUT2D eigenvalue weighted by Gasteiger charge is 2.07. The number of anilines is 1. The number of hydrogen-bond acceptors (Lipinski definition) is 8. The fourth-order valence-electron chi connectivity index (χ4n) is 1.82. The smallest absolute Gasteiger partial charge is 0.166 e. The van der Waals surface area contributed by atoms with Gasteiger partial charge in [-0.15, -0.1) is 0 Å². The van der Waals surface area contributed by atoms with Crippen molar-refractivity contribution >= 4 is 46.2 Å². The monoisotopic (exact) mass is 360 g/mol. The fourth-order valence-corrected chi connectivity index (χ4v) is 2.47. The Kier molecular flexibility index (Phi) is 7.60. The fraction of sp³-hybridized carbons (Fsp3) is 0.267. The Hall–Kier alpha value is -2.72. The van der Waals surface area contributed by atoms with Crippen LogP contribution >= 0.6 is 11.8 Å². The summed E-state index contributed by atoms with van der Waals surface area (Å²) >= 11 is 1.16. The van der Waals surface area contributed by atoms with Gasteiger partial charge in [0.2, 0.25) is 0 Å². The summed E-state index contributed by atoms with van der Waals surface area (Å²) in [6, 6.07) is 3.56. The van der Waals surface area contributed by atoms with Gasteiger partial charge in [0.15, 0.2) is 5.17 Å². The van der Waals surface area contributed by atoms with Crippen LogP contribution in [0.25, 0.3) is 5.70 Å². The summed E-state index contributed by atoms with van der Waals surface area (Å²) in [5.41, 5.74) is 13.0. The molecule has 0 bridgehead atoms. The SMILES string of the molecule is N=CN=C(N)SC1=NCCOCCN=CN/C(c2ccc(N)nc2)=C\1. The van der Waals surface area contributed by atoms with E-state index in [9.17, 15) is 0 Å². The molecule has 0 amide bonds. The molecular formula is C15H20N8OS. The van der Waals surface area contributed by atoms with Crippen molar-refractivity contribution in [2.24, 2.45) is 20.7 Å². The summed E-state index contributed by atoms with van der Waals surface area (Å²) in [7, 11) is 0. The molecule has 0 aliphatic carbocycles. The van der Waals surface area contributed by atoms with Gasteiger partial charge in [0, 0.05) is 11.8 Å². The van der Waals surface area contributed by atoms with Crippen LogP contribution < -0.4 is 16.8 Å². The third-order valence-electron chi connectivity index (χ3n) is 2.95. The average molecular weight is 360 g/mol. The van der Waals surface area contributed by atoms with Gasteiger partial charge in [0.05, 0.1) is 38.3 Å². The zero-order chi connectivity index (χ0) is 17.9. The van der Waals surface area contributed by atoms with Gasteiger partial charge < -0.3 is 21.5 Å². The lowest BCUT2D eigenvalue weighted by Crippen LogP contribution is -2.16. The van der Waals surface area contributed by atoms with Gasteiger partial charge in [0.25, 0.3) is 0 Å². The maximum absolute atomic E-state index is 7.01. The summed E-state index contributed by atoms with van der Waals surface area (Å²) in [6.07, 6.45) is 5.97. The zero-order valence-corrected chi connectivity index (χ0v) is 14.4. The second kappa shape index (κ2) is 10.2. The van der Waals surface area contributed by atoms with Crippen LogP contribution in [0.3, 0.4) is 0 Å². The van der Waals surface area contributed by atoms with Crippen molar-refractivity contribution in [3.8, 4) is 0 Å². The van der Waals surface area contributed by atoms with Crippen molar-refractivity contribution in [2.75, 3.05) is 32.0 Å². The van der Waals surface area contributed by atoms with Gasteiger partial charge in [-0.2, -0.15) is 0 Å². The lowest BCUT2D eigenvalue weighted by molar-refractivity contribution is 0.150. The number of nitrogens with two attached hydrogens (primary N) is 2. The van der Waals surface area contributed by atoms with Crippen molar-refractivity contribution in [1.82, 2.24) is 10.3 Å². The van der Waals surface area contributed by atoms with E-state index >= 15 is 0 Å². The molecule has 0 aromatic carbocycles. The highest BCUT2D eigenvalue weighted by molar-refractivity contribution is 8.26. The van der Waals surface area contributed by atoms with Gasteiger partial charge in [0.1, 0.15) is 17.2 Å². The molecule has 6 N–H and O–H groups in total. The predicted molar refractivity (Wildman–Crippen MR) is 104 cm³/mol. The molecule has 132 valence electrons. The molecule has 0 atom stereocenters. The van der Waals surface area contributed by atoms with E-state index in [0.717, 1.165) is 29.4 Å². The van der Waals surface area contributed by atoms with Gasteiger partial charge in [-0.3, -0.25) is 15.4 Å². The van der Waals surface area contributed by atoms with Crippen LogP contribution in [0.1, 0.15) is 5.56 Å². The van der Waals surface area contributed by atoms with Gasteiger partial charge in [-0.05, 0) is 30.0 Å². The lowest BCUT2D eigenvalue weighted by atomic mass is 10.2. The summed E-state index contributed by atoms with van der Waals surface area (Å²) in [5.74, 6) is 0.439. The number of aromatic nitrogens is 1. The van der Waals surface area contributed by atoms with E-state index in [4.69, 9.17) is 21.6 Å². The predicted octanol–water partition coefficient (Wildman–Crippen LogP) is 0.706. The molecule has 0 fully saturated rings. The molecule has 10 heteroatoms. The van der Waals surface area contributed by atoms with Gasteiger partial charge in [-0.25, -0.2) is 9.98 Å². The van der Waals surface area contributed by atoms with Gasteiger partial charge in [-0.1, -0.05) is 0 Å². The van der Waals surface area contributed by atoms with Crippen LogP contribution in [0.15, 0.2) is 39.4 Å². The van der Waals surface area contributed by atoms with Crippen molar-refractivity contribution in [3.63, 3.8) is 0 Å².